The fourth-order valence-corrected chi connectivity index (χ4v) is 3.91. The molecule has 0 atom stereocenters. The van der Waals surface area contributed by atoms with E-state index in [2.05, 4.69) is 4.98 Å². The highest BCUT2D eigenvalue weighted by atomic mass is 32.2. The van der Waals surface area contributed by atoms with Crippen LogP contribution in [0.5, 0.6) is 0 Å². The van der Waals surface area contributed by atoms with Gasteiger partial charge in [0.1, 0.15) is 4.83 Å². The Bertz CT molecular complexity index is 1020. The van der Waals surface area contributed by atoms with Crippen LogP contribution in [0.2, 0.25) is 0 Å². The molecule has 6 nitrogen and oxygen atoms in total. The molecule has 0 amide bonds. The predicted octanol–water partition coefficient (Wildman–Crippen LogP) is 1.76. The third kappa shape index (κ3) is 2.92. The monoisotopic (exact) mass is 349 g/mol. The molecule has 0 saturated carbocycles. The molecule has 0 fully saturated rings. The smallest absolute Gasteiger partial charge is 0.262 e. The first-order valence-corrected chi connectivity index (χ1v) is 9.15. The Balaban J connectivity index is 2.00. The van der Waals surface area contributed by atoms with Gasteiger partial charge in [0.2, 0.25) is 10.0 Å². The lowest BCUT2D eigenvalue weighted by Crippen LogP contribution is -2.23. The van der Waals surface area contributed by atoms with E-state index in [9.17, 15) is 13.2 Å². The minimum atomic E-state index is -3.50. The molecule has 0 N–H and O–H groups in total. The first-order chi connectivity index (χ1) is 10.9. The van der Waals surface area contributed by atoms with Gasteiger partial charge in [-0.15, -0.1) is 11.3 Å². The minimum absolute atomic E-state index is 0.128. The summed E-state index contributed by atoms with van der Waals surface area (Å²) >= 11 is 1.42. The summed E-state index contributed by atoms with van der Waals surface area (Å²) in [6.07, 6.45) is 1.49. The average molecular weight is 349 g/mol. The molecule has 2 heterocycles. The van der Waals surface area contributed by atoms with Crippen molar-refractivity contribution in [1.82, 2.24) is 13.9 Å². The number of fused-ring (bicyclic) bond motifs is 1. The summed E-state index contributed by atoms with van der Waals surface area (Å²) in [5, 5.41) is 2.41. The highest BCUT2D eigenvalue weighted by molar-refractivity contribution is 7.89. The maximum atomic E-state index is 12.4. The van der Waals surface area contributed by atoms with E-state index < -0.39 is 10.0 Å². The van der Waals surface area contributed by atoms with Gasteiger partial charge >= 0.3 is 0 Å². The van der Waals surface area contributed by atoms with Crippen molar-refractivity contribution >= 4 is 31.6 Å². The second-order valence-electron chi connectivity index (χ2n) is 5.25. The van der Waals surface area contributed by atoms with Gasteiger partial charge < -0.3 is 0 Å². The maximum Gasteiger partial charge on any atom is 0.262 e. The summed E-state index contributed by atoms with van der Waals surface area (Å²) in [7, 11) is -0.521. The van der Waals surface area contributed by atoms with E-state index in [-0.39, 0.29) is 17.0 Å². The number of hydrogen-bond acceptors (Lipinski definition) is 5. The lowest BCUT2D eigenvalue weighted by atomic mass is 10.2. The van der Waals surface area contributed by atoms with E-state index in [0.717, 1.165) is 9.87 Å². The molecule has 120 valence electrons. The Morgan fingerprint density at radius 1 is 1.26 bits per heavy atom. The largest absolute Gasteiger partial charge is 0.294 e. The van der Waals surface area contributed by atoms with E-state index in [1.165, 1.54) is 36.3 Å². The fourth-order valence-electron chi connectivity index (χ4n) is 2.22. The van der Waals surface area contributed by atoms with Gasteiger partial charge in [-0.1, -0.05) is 12.1 Å². The van der Waals surface area contributed by atoms with Crippen LogP contribution in [0.25, 0.3) is 10.2 Å². The molecular formula is C15H15N3O3S2. The van der Waals surface area contributed by atoms with Gasteiger partial charge in [-0.25, -0.2) is 17.7 Å². The molecule has 8 heteroatoms. The van der Waals surface area contributed by atoms with Crippen LogP contribution in [0.4, 0.5) is 0 Å². The molecule has 0 unspecified atom stereocenters. The van der Waals surface area contributed by atoms with E-state index in [1.54, 1.807) is 30.3 Å². The van der Waals surface area contributed by atoms with E-state index >= 15 is 0 Å². The van der Waals surface area contributed by atoms with Crippen molar-refractivity contribution in [1.29, 1.82) is 0 Å². The van der Waals surface area contributed by atoms with Gasteiger partial charge in [-0.05, 0) is 29.1 Å². The van der Waals surface area contributed by atoms with Crippen molar-refractivity contribution in [2.24, 2.45) is 0 Å². The molecular weight excluding hydrogens is 334 g/mol. The molecule has 3 aromatic rings. The van der Waals surface area contributed by atoms with Crippen LogP contribution in [-0.2, 0) is 16.6 Å². The highest BCUT2D eigenvalue weighted by Gasteiger charge is 2.17. The van der Waals surface area contributed by atoms with Gasteiger partial charge in [0, 0.05) is 14.1 Å². The van der Waals surface area contributed by atoms with Gasteiger partial charge in [-0.3, -0.25) is 9.36 Å². The van der Waals surface area contributed by atoms with Crippen LogP contribution in [0.3, 0.4) is 0 Å². The number of aromatic nitrogens is 2. The zero-order chi connectivity index (χ0) is 16.6. The Labute approximate surface area is 137 Å². The molecule has 2 aromatic heterocycles. The summed E-state index contributed by atoms with van der Waals surface area (Å²) < 4.78 is 27.0. The third-order valence-electron chi connectivity index (χ3n) is 3.48. The zero-order valence-electron chi connectivity index (χ0n) is 12.6. The summed E-state index contributed by atoms with van der Waals surface area (Å²) in [5.41, 5.74) is 0.600. The van der Waals surface area contributed by atoms with Crippen LogP contribution in [0.1, 0.15) is 5.56 Å². The number of thiophene rings is 1. The summed E-state index contributed by atoms with van der Waals surface area (Å²) in [6.45, 7) is 0.272. The second-order valence-corrected chi connectivity index (χ2v) is 8.30. The Hall–Kier alpha value is -2.03. The molecule has 0 aliphatic heterocycles. The van der Waals surface area contributed by atoms with Crippen LogP contribution in [0.15, 0.2) is 51.7 Å². The first-order valence-electron chi connectivity index (χ1n) is 6.84. The predicted molar refractivity (Wildman–Crippen MR) is 90.3 cm³/mol. The zero-order valence-corrected chi connectivity index (χ0v) is 14.3. The summed E-state index contributed by atoms with van der Waals surface area (Å²) in [5.74, 6) is 0. The molecule has 0 saturated heterocycles. The lowest BCUT2D eigenvalue weighted by molar-refractivity contribution is 0.520. The van der Waals surface area contributed by atoms with Crippen molar-refractivity contribution in [3.05, 3.63) is 58.0 Å². The molecule has 3 rings (SSSR count). The van der Waals surface area contributed by atoms with Crippen molar-refractivity contribution in [2.45, 2.75) is 11.4 Å². The maximum absolute atomic E-state index is 12.4. The minimum Gasteiger partial charge on any atom is -0.294 e. The average Bonchev–Trinajstić information content (AvgIpc) is 2.99. The molecule has 0 aliphatic rings. The van der Waals surface area contributed by atoms with Crippen LogP contribution in [-0.4, -0.2) is 36.4 Å². The van der Waals surface area contributed by atoms with E-state index in [4.69, 9.17) is 0 Å². The molecule has 0 aliphatic carbocycles. The quantitative estimate of drug-likeness (QED) is 0.719. The number of hydrogen-bond donors (Lipinski definition) is 0. The molecule has 23 heavy (non-hydrogen) atoms. The third-order valence-corrected chi connectivity index (χ3v) is 6.11. The van der Waals surface area contributed by atoms with Crippen LogP contribution in [0, 0.1) is 0 Å². The second kappa shape index (κ2) is 5.88. The van der Waals surface area contributed by atoms with Crippen molar-refractivity contribution in [3.63, 3.8) is 0 Å². The molecule has 0 spiro atoms. The highest BCUT2D eigenvalue weighted by Crippen LogP contribution is 2.16. The van der Waals surface area contributed by atoms with E-state index in [1.807, 2.05) is 5.38 Å². The molecule has 1 aromatic carbocycles. The molecule has 0 radical (unpaired) electrons. The summed E-state index contributed by atoms with van der Waals surface area (Å²) in [6, 6.07) is 8.34. The van der Waals surface area contributed by atoms with E-state index in [0.29, 0.717) is 10.2 Å². The van der Waals surface area contributed by atoms with Gasteiger partial charge in [0.05, 0.1) is 23.2 Å². The van der Waals surface area contributed by atoms with Crippen LogP contribution >= 0.6 is 11.3 Å². The SMILES string of the molecule is CN(C)S(=O)(=O)c1cccc(Cn2cnc3sccc3c2=O)c1. The first kappa shape index (κ1) is 15.9. The topological polar surface area (TPSA) is 72.3 Å². The number of sulfonamides is 1. The van der Waals surface area contributed by atoms with Gasteiger partial charge in [-0.2, -0.15) is 0 Å². The van der Waals surface area contributed by atoms with Gasteiger partial charge in [0.25, 0.3) is 5.56 Å². The fraction of sp³-hybridized carbons (Fsp3) is 0.200. The molecule has 0 bridgehead atoms. The lowest BCUT2D eigenvalue weighted by Gasteiger charge is -2.12. The van der Waals surface area contributed by atoms with Gasteiger partial charge in [0.15, 0.2) is 0 Å². The Morgan fingerprint density at radius 2 is 2.04 bits per heavy atom. The van der Waals surface area contributed by atoms with Crippen molar-refractivity contribution in [2.75, 3.05) is 14.1 Å². The number of benzene rings is 1. The van der Waals surface area contributed by atoms with Crippen molar-refractivity contribution in [3.8, 4) is 0 Å². The number of rotatable bonds is 4. The summed E-state index contributed by atoms with van der Waals surface area (Å²) in [4.78, 5) is 17.5. The Kier molecular flexibility index (Phi) is 4.05. The Morgan fingerprint density at radius 3 is 2.78 bits per heavy atom. The van der Waals surface area contributed by atoms with Crippen LogP contribution < -0.4 is 5.56 Å². The normalized spacial score (nSPS) is 12.1. The standard InChI is InChI=1S/C15H15N3O3S2/c1-17(2)23(20,21)12-5-3-4-11(8-12)9-18-10-16-14-13(15(18)19)6-7-22-14/h3-8,10H,9H2,1-2H3. The van der Waals surface area contributed by atoms with Crippen molar-refractivity contribution < 1.29 is 8.42 Å². The number of nitrogens with zero attached hydrogens (tertiary/aromatic N) is 3.